The van der Waals surface area contributed by atoms with E-state index < -0.39 is 21.6 Å². The van der Waals surface area contributed by atoms with E-state index in [9.17, 15) is 21.6 Å². The standard InChI is InChI=1S/C17H13F3N4O2S2/c1-3-28(25,26)14-10-4-5-21-8-12(10)27-13(14)16-23-11-6-9(17(18,19)20)7-22-15(11)24(16)2/h4-8H,3H2,1-2H3. The van der Waals surface area contributed by atoms with Crippen molar-refractivity contribution in [3.05, 3.63) is 36.3 Å². The van der Waals surface area contributed by atoms with Crippen molar-refractivity contribution in [2.24, 2.45) is 7.05 Å². The maximum atomic E-state index is 13.0. The first-order chi connectivity index (χ1) is 13.1. The minimum absolute atomic E-state index is 0.0442. The zero-order chi connectivity index (χ0) is 20.3. The van der Waals surface area contributed by atoms with Gasteiger partial charge in [0.25, 0.3) is 0 Å². The summed E-state index contributed by atoms with van der Waals surface area (Å²) in [6.45, 7) is 1.54. The number of rotatable bonds is 3. The number of imidazole rings is 1. The third-order valence-corrected chi connectivity index (χ3v) is 7.45. The highest BCUT2D eigenvalue weighted by Gasteiger charge is 2.32. The van der Waals surface area contributed by atoms with Gasteiger partial charge < -0.3 is 4.57 Å². The second-order valence-electron chi connectivity index (χ2n) is 6.09. The minimum Gasteiger partial charge on any atom is -0.311 e. The Hall–Kier alpha value is -2.53. The van der Waals surface area contributed by atoms with Gasteiger partial charge in [0, 0.05) is 31.0 Å². The molecule has 0 spiro atoms. The topological polar surface area (TPSA) is 77.7 Å². The summed E-state index contributed by atoms with van der Waals surface area (Å²) in [5.74, 6) is 0.129. The van der Waals surface area contributed by atoms with Gasteiger partial charge in [0.1, 0.15) is 5.52 Å². The molecule has 0 aliphatic rings. The first-order valence-electron chi connectivity index (χ1n) is 8.12. The van der Waals surface area contributed by atoms with Crippen LogP contribution >= 0.6 is 11.3 Å². The molecule has 0 aliphatic heterocycles. The number of fused-ring (bicyclic) bond motifs is 2. The third-order valence-electron chi connectivity index (χ3n) is 4.38. The molecular formula is C17H13F3N4O2S2. The number of aromatic nitrogens is 4. The molecule has 0 saturated carbocycles. The molecule has 4 rings (SSSR count). The zero-order valence-electron chi connectivity index (χ0n) is 14.6. The largest absolute Gasteiger partial charge is 0.417 e. The fourth-order valence-corrected chi connectivity index (χ4v) is 5.80. The normalized spacial score (nSPS) is 12.9. The van der Waals surface area contributed by atoms with Gasteiger partial charge in [-0.05, 0) is 12.1 Å². The molecule has 6 nitrogen and oxygen atoms in total. The number of hydrogen-bond acceptors (Lipinski definition) is 6. The Labute approximate surface area is 161 Å². The van der Waals surface area contributed by atoms with E-state index in [1.165, 1.54) is 29.0 Å². The highest BCUT2D eigenvalue weighted by atomic mass is 32.2. The van der Waals surface area contributed by atoms with Crippen LogP contribution in [0, 0.1) is 0 Å². The Morgan fingerprint density at radius 2 is 2.00 bits per heavy atom. The first-order valence-corrected chi connectivity index (χ1v) is 10.6. The molecule has 0 unspecified atom stereocenters. The average Bonchev–Trinajstić information content (AvgIpc) is 3.19. The van der Waals surface area contributed by atoms with Crippen LogP contribution < -0.4 is 0 Å². The molecule has 0 fully saturated rings. The number of aryl methyl sites for hydroxylation is 1. The molecule has 0 aliphatic carbocycles. The summed E-state index contributed by atoms with van der Waals surface area (Å²) in [6.07, 6.45) is -0.744. The van der Waals surface area contributed by atoms with Crippen LogP contribution in [0.2, 0.25) is 0 Å². The van der Waals surface area contributed by atoms with Gasteiger partial charge in [-0.15, -0.1) is 11.3 Å². The molecule has 0 aromatic carbocycles. The van der Waals surface area contributed by atoms with Crippen molar-refractivity contribution in [1.82, 2.24) is 19.5 Å². The number of hydrogen-bond donors (Lipinski definition) is 0. The molecule has 0 radical (unpaired) electrons. The summed E-state index contributed by atoms with van der Waals surface area (Å²) in [6, 6.07) is 2.52. The Bertz CT molecular complexity index is 1320. The van der Waals surface area contributed by atoms with E-state index in [0.29, 0.717) is 15.0 Å². The van der Waals surface area contributed by atoms with E-state index in [1.807, 2.05) is 0 Å². The van der Waals surface area contributed by atoms with Crippen LogP contribution in [0.4, 0.5) is 13.2 Å². The van der Waals surface area contributed by atoms with Crippen molar-refractivity contribution in [3.63, 3.8) is 0 Å². The van der Waals surface area contributed by atoms with Crippen molar-refractivity contribution in [3.8, 4) is 10.7 Å². The van der Waals surface area contributed by atoms with Crippen molar-refractivity contribution in [2.45, 2.75) is 18.0 Å². The highest BCUT2D eigenvalue weighted by Crippen LogP contribution is 2.42. The summed E-state index contributed by atoms with van der Waals surface area (Å²) in [5, 5.41) is 0.521. The van der Waals surface area contributed by atoms with E-state index >= 15 is 0 Å². The lowest BCUT2D eigenvalue weighted by Crippen LogP contribution is -2.06. The molecule has 11 heteroatoms. The Morgan fingerprint density at radius 1 is 1.25 bits per heavy atom. The maximum Gasteiger partial charge on any atom is 0.417 e. The van der Waals surface area contributed by atoms with Gasteiger partial charge in [-0.3, -0.25) is 4.98 Å². The molecule has 4 aromatic rings. The second-order valence-corrected chi connectivity index (χ2v) is 9.36. The lowest BCUT2D eigenvalue weighted by atomic mass is 10.2. The number of alkyl halides is 3. The van der Waals surface area contributed by atoms with Gasteiger partial charge in [-0.25, -0.2) is 18.4 Å². The van der Waals surface area contributed by atoms with Gasteiger partial charge >= 0.3 is 6.18 Å². The van der Waals surface area contributed by atoms with E-state index in [-0.39, 0.29) is 27.6 Å². The predicted octanol–water partition coefficient (Wildman–Crippen LogP) is 4.06. The van der Waals surface area contributed by atoms with Crippen LogP contribution in [0.15, 0.2) is 35.6 Å². The van der Waals surface area contributed by atoms with Gasteiger partial charge in [-0.1, -0.05) is 6.92 Å². The highest BCUT2D eigenvalue weighted by molar-refractivity contribution is 7.92. The fourth-order valence-electron chi connectivity index (χ4n) is 2.96. The van der Waals surface area contributed by atoms with Crippen LogP contribution in [0.5, 0.6) is 0 Å². The minimum atomic E-state index is -4.54. The lowest BCUT2D eigenvalue weighted by Gasteiger charge is -2.06. The van der Waals surface area contributed by atoms with E-state index in [0.717, 1.165) is 12.3 Å². The molecule has 146 valence electrons. The van der Waals surface area contributed by atoms with Crippen LogP contribution in [0.1, 0.15) is 12.5 Å². The quantitative estimate of drug-likeness (QED) is 0.494. The molecular weight excluding hydrogens is 413 g/mol. The van der Waals surface area contributed by atoms with Crippen molar-refractivity contribution in [1.29, 1.82) is 0 Å². The molecule has 0 atom stereocenters. The Morgan fingerprint density at radius 3 is 2.68 bits per heavy atom. The van der Waals surface area contributed by atoms with Gasteiger partial charge in [-0.2, -0.15) is 13.2 Å². The average molecular weight is 426 g/mol. The molecule has 0 bridgehead atoms. The number of halogens is 3. The number of sulfone groups is 1. The molecule has 0 saturated heterocycles. The molecule has 4 aromatic heterocycles. The lowest BCUT2D eigenvalue weighted by molar-refractivity contribution is -0.137. The zero-order valence-corrected chi connectivity index (χ0v) is 16.3. The smallest absolute Gasteiger partial charge is 0.311 e. The monoisotopic (exact) mass is 426 g/mol. The van der Waals surface area contributed by atoms with Crippen molar-refractivity contribution >= 4 is 42.4 Å². The van der Waals surface area contributed by atoms with Crippen LogP contribution in [-0.4, -0.2) is 33.7 Å². The molecule has 0 amide bonds. The molecule has 0 N–H and O–H groups in total. The molecule has 4 heterocycles. The van der Waals surface area contributed by atoms with Gasteiger partial charge in [0.2, 0.25) is 0 Å². The predicted molar refractivity (Wildman–Crippen MR) is 99.9 cm³/mol. The summed E-state index contributed by atoms with van der Waals surface area (Å²) in [5.41, 5.74) is -0.632. The fraction of sp³-hybridized carbons (Fsp3) is 0.235. The first kappa shape index (κ1) is 18.8. The van der Waals surface area contributed by atoms with Crippen molar-refractivity contribution < 1.29 is 21.6 Å². The van der Waals surface area contributed by atoms with Gasteiger partial charge in [0.05, 0.1) is 25.8 Å². The second kappa shape index (κ2) is 6.24. The Balaban J connectivity index is 2.04. The SMILES string of the molecule is CCS(=O)(=O)c1c(-c2nc3cc(C(F)(F)F)cnc3n2C)sc2cnccc12. The van der Waals surface area contributed by atoms with E-state index in [4.69, 9.17) is 0 Å². The summed E-state index contributed by atoms with van der Waals surface area (Å²) in [4.78, 5) is 12.7. The number of thiophene rings is 1. The van der Waals surface area contributed by atoms with Crippen LogP contribution in [0.3, 0.4) is 0 Å². The summed E-state index contributed by atoms with van der Waals surface area (Å²) in [7, 11) is -2.02. The van der Waals surface area contributed by atoms with Crippen LogP contribution in [0.25, 0.3) is 32.0 Å². The third kappa shape index (κ3) is 2.85. The summed E-state index contributed by atoms with van der Waals surface area (Å²) < 4.78 is 66.7. The number of nitrogens with zero attached hydrogens (tertiary/aromatic N) is 4. The molecule has 28 heavy (non-hydrogen) atoms. The number of pyridine rings is 2. The maximum absolute atomic E-state index is 13.0. The summed E-state index contributed by atoms with van der Waals surface area (Å²) >= 11 is 1.18. The van der Waals surface area contributed by atoms with E-state index in [2.05, 4.69) is 15.0 Å². The van der Waals surface area contributed by atoms with Crippen molar-refractivity contribution in [2.75, 3.05) is 5.75 Å². The van der Waals surface area contributed by atoms with Crippen LogP contribution in [-0.2, 0) is 23.1 Å². The Kier molecular flexibility index (Phi) is 4.19. The van der Waals surface area contributed by atoms with E-state index in [1.54, 1.807) is 19.3 Å². The van der Waals surface area contributed by atoms with Gasteiger partial charge in [0.15, 0.2) is 21.3 Å².